The van der Waals surface area contributed by atoms with Gasteiger partial charge in [0.15, 0.2) is 0 Å². The van der Waals surface area contributed by atoms with Gasteiger partial charge in [0.05, 0.1) is 12.7 Å². The van der Waals surface area contributed by atoms with Gasteiger partial charge in [0, 0.05) is 6.04 Å². The molecule has 1 aromatic carbocycles. The third kappa shape index (κ3) is 4.00. The van der Waals surface area contributed by atoms with Crippen LogP contribution in [0.4, 0.5) is 0 Å². The molecule has 15 heavy (non-hydrogen) atoms. The predicted octanol–water partition coefficient (Wildman–Crippen LogP) is 1.83. The van der Waals surface area contributed by atoms with Gasteiger partial charge < -0.3 is 4.74 Å². The molecule has 3 N–H and O–H groups in total. The summed E-state index contributed by atoms with van der Waals surface area (Å²) in [5.74, 6) is 5.42. The summed E-state index contributed by atoms with van der Waals surface area (Å²) in [7, 11) is 0. The fourth-order valence-electron chi connectivity index (χ4n) is 1.50. The van der Waals surface area contributed by atoms with E-state index in [1.807, 2.05) is 25.1 Å². The fourth-order valence-corrected chi connectivity index (χ4v) is 1.50. The molecule has 2 atom stereocenters. The van der Waals surface area contributed by atoms with Gasteiger partial charge in [-0.3, -0.25) is 11.3 Å². The highest BCUT2D eigenvalue weighted by Gasteiger charge is 2.13. The van der Waals surface area contributed by atoms with E-state index in [0.29, 0.717) is 6.61 Å². The van der Waals surface area contributed by atoms with Gasteiger partial charge >= 0.3 is 0 Å². The lowest BCUT2D eigenvalue weighted by Crippen LogP contribution is -2.43. The Bertz CT molecular complexity index is 260. The Kier molecular flexibility index (Phi) is 5.32. The Morgan fingerprint density at radius 3 is 2.53 bits per heavy atom. The molecule has 0 fully saturated rings. The van der Waals surface area contributed by atoms with Crippen molar-refractivity contribution < 1.29 is 4.74 Å². The Hall–Kier alpha value is -0.900. The van der Waals surface area contributed by atoms with Crippen LogP contribution >= 0.6 is 0 Å². The van der Waals surface area contributed by atoms with Crippen LogP contribution in [0.2, 0.25) is 0 Å². The van der Waals surface area contributed by atoms with Gasteiger partial charge in [0.1, 0.15) is 0 Å². The van der Waals surface area contributed by atoms with E-state index in [4.69, 9.17) is 10.6 Å². The van der Waals surface area contributed by atoms with Crippen molar-refractivity contribution in [2.75, 3.05) is 0 Å². The minimum Gasteiger partial charge on any atom is -0.372 e. The number of benzene rings is 1. The molecule has 0 radical (unpaired) electrons. The maximum atomic E-state index is 5.73. The van der Waals surface area contributed by atoms with E-state index in [1.165, 1.54) is 5.56 Å². The van der Waals surface area contributed by atoms with E-state index in [0.717, 1.165) is 6.42 Å². The van der Waals surface area contributed by atoms with Crippen molar-refractivity contribution in [1.82, 2.24) is 5.43 Å². The topological polar surface area (TPSA) is 47.3 Å². The van der Waals surface area contributed by atoms with E-state index in [1.54, 1.807) is 0 Å². The summed E-state index contributed by atoms with van der Waals surface area (Å²) >= 11 is 0. The molecule has 84 valence electrons. The van der Waals surface area contributed by atoms with Crippen LogP contribution in [-0.2, 0) is 11.3 Å². The molecule has 0 saturated carbocycles. The molecule has 0 aromatic heterocycles. The maximum Gasteiger partial charge on any atom is 0.0721 e. The summed E-state index contributed by atoms with van der Waals surface area (Å²) in [5.41, 5.74) is 3.95. The summed E-state index contributed by atoms with van der Waals surface area (Å²) in [6.07, 6.45) is 1.09. The maximum absolute atomic E-state index is 5.73. The zero-order valence-electron chi connectivity index (χ0n) is 9.44. The lowest BCUT2D eigenvalue weighted by atomic mass is 10.1. The van der Waals surface area contributed by atoms with Crippen molar-refractivity contribution in [1.29, 1.82) is 0 Å². The number of hydrazine groups is 1. The quantitative estimate of drug-likeness (QED) is 0.554. The molecule has 3 nitrogen and oxygen atoms in total. The molecule has 0 aliphatic rings. The highest BCUT2D eigenvalue weighted by atomic mass is 16.5. The van der Waals surface area contributed by atoms with Crippen LogP contribution < -0.4 is 11.3 Å². The van der Waals surface area contributed by atoms with Crippen molar-refractivity contribution in [3.63, 3.8) is 0 Å². The van der Waals surface area contributed by atoms with Gasteiger partial charge in [-0.15, -0.1) is 0 Å². The van der Waals surface area contributed by atoms with Crippen molar-refractivity contribution in [3.05, 3.63) is 35.9 Å². The lowest BCUT2D eigenvalue weighted by Gasteiger charge is -2.22. The first kappa shape index (κ1) is 12.2. The SMILES string of the molecule is CC[C@H](NN)C(C)OCc1ccccc1. The van der Waals surface area contributed by atoms with E-state index >= 15 is 0 Å². The summed E-state index contributed by atoms with van der Waals surface area (Å²) < 4.78 is 5.73. The van der Waals surface area contributed by atoms with Gasteiger partial charge in [-0.05, 0) is 18.9 Å². The van der Waals surface area contributed by atoms with Crippen LogP contribution in [0.5, 0.6) is 0 Å². The summed E-state index contributed by atoms with van der Waals surface area (Å²) in [4.78, 5) is 0. The first-order valence-corrected chi connectivity index (χ1v) is 5.39. The minimum atomic E-state index is 0.125. The van der Waals surface area contributed by atoms with Crippen LogP contribution in [0.3, 0.4) is 0 Å². The van der Waals surface area contributed by atoms with Gasteiger partial charge in [-0.25, -0.2) is 0 Å². The minimum absolute atomic E-state index is 0.125. The van der Waals surface area contributed by atoms with Crippen molar-refractivity contribution in [2.45, 2.75) is 39.0 Å². The first-order chi connectivity index (χ1) is 7.27. The van der Waals surface area contributed by atoms with Gasteiger partial charge in [0.25, 0.3) is 0 Å². The third-order valence-electron chi connectivity index (χ3n) is 2.58. The molecule has 1 unspecified atom stereocenters. The average Bonchev–Trinajstić information content (AvgIpc) is 2.29. The molecule has 1 rings (SSSR count). The molecule has 0 aliphatic heterocycles. The highest BCUT2D eigenvalue weighted by Crippen LogP contribution is 2.07. The van der Waals surface area contributed by atoms with Crippen LogP contribution in [-0.4, -0.2) is 12.1 Å². The number of hydrogen-bond acceptors (Lipinski definition) is 3. The number of nitrogens with one attached hydrogen (secondary N) is 1. The Morgan fingerprint density at radius 1 is 1.33 bits per heavy atom. The van der Waals surface area contributed by atoms with E-state index in [-0.39, 0.29) is 12.1 Å². The highest BCUT2D eigenvalue weighted by molar-refractivity contribution is 5.13. The van der Waals surface area contributed by atoms with Crippen LogP contribution in [0, 0.1) is 0 Å². The molecular weight excluding hydrogens is 188 g/mol. The molecule has 0 bridgehead atoms. The molecule has 0 aliphatic carbocycles. The molecule has 3 heteroatoms. The normalized spacial score (nSPS) is 14.9. The molecule has 0 spiro atoms. The molecule has 0 heterocycles. The van der Waals surface area contributed by atoms with Crippen LogP contribution in [0.25, 0.3) is 0 Å². The lowest BCUT2D eigenvalue weighted by molar-refractivity contribution is 0.0261. The number of nitrogens with two attached hydrogens (primary N) is 1. The standard InChI is InChI=1S/C12H20N2O/c1-3-12(14-13)10(2)15-9-11-7-5-4-6-8-11/h4-8,10,12,14H,3,9,13H2,1-2H3/t10?,12-/m0/s1. The van der Waals surface area contributed by atoms with E-state index < -0.39 is 0 Å². The number of hydrogen-bond donors (Lipinski definition) is 2. The molecule has 1 aromatic rings. The monoisotopic (exact) mass is 208 g/mol. The van der Waals surface area contributed by atoms with E-state index in [2.05, 4.69) is 24.5 Å². The van der Waals surface area contributed by atoms with Gasteiger partial charge in [-0.1, -0.05) is 37.3 Å². The fraction of sp³-hybridized carbons (Fsp3) is 0.500. The van der Waals surface area contributed by atoms with E-state index in [9.17, 15) is 0 Å². The molecule has 0 saturated heterocycles. The number of rotatable bonds is 6. The molecule has 0 amide bonds. The zero-order valence-corrected chi connectivity index (χ0v) is 9.44. The smallest absolute Gasteiger partial charge is 0.0721 e. The third-order valence-corrected chi connectivity index (χ3v) is 2.58. The van der Waals surface area contributed by atoms with Gasteiger partial charge in [-0.2, -0.15) is 0 Å². The van der Waals surface area contributed by atoms with Gasteiger partial charge in [0.2, 0.25) is 0 Å². The largest absolute Gasteiger partial charge is 0.372 e. The first-order valence-electron chi connectivity index (χ1n) is 5.39. The second-order valence-corrected chi connectivity index (χ2v) is 3.68. The van der Waals surface area contributed by atoms with Crippen LogP contribution in [0.15, 0.2) is 30.3 Å². The number of ether oxygens (including phenoxy) is 1. The summed E-state index contributed by atoms with van der Waals surface area (Å²) in [6.45, 7) is 4.77. The second kappa shape index (κ2) is 6.56. The predicted molar refractivity (Wildman–Crippen MR) is 62.1 cm³/mol. The average molecular weight is 208 g/mol. The summed E-state index contributed by atoms with van der Waals surface area (Å²) in [5, 5.41) is 0. The van der Waals surface area contributed by atoms with Crippen molar-refractivity contribution in [2.24, 2.45) is 5.84 Å². The zero-order chi connectivity index (χ0) is 11.1. The van der Waals surface area contributed by atoms with Crippen molar-refractivity contribution >= 4 is 0 Å². The molecular formula is C12H20N2O. The van der Waals surface area contributed by atoms with Crippen LogP contribution in [0.1, 0.15) is 25.8 Å². The Morgan fingerprint density at radius 2 is 2.00 bits per heavy atom. The Balaban J connectivity index is 2.36. The summed E-state index contributed by atoms with van der Waals surface area (Å²) in [6, 6.07) is 10.4. The second-order valence-electron chi connectivity index (χ2n) is 3.68. The van der Waals surface area contributed by atoms with Crippen molar-refractivity contribution in [3.8, 4) is 0 Å². The Labute approximate surface area is 91.6 Å².